The molecule has 0 radical (unpaired) electrons. The molecule has 0 saturated heterocycles. The third-order valence-corrected chi connectivity index (χ3v) is 5.53. The van der Waals surface area contributed by atoms with Gasteiger partial charge in [-0.3, -0.25) is 4.79 Å². The molecule has 0 aliphatic carbocycles. The average Bonchev–Trinajstić information content (AvgIpc) is 3.20. The van der Waals surface area contributed by atoms with Gasteiger partial charge >= 0.3 is 5.97 Å². The smallest absolute Gasteiger partial charge is 0.329 e. The molecule has 1 aliphatic rings. The number of carbonyl (C=O) groups excluding carboxylic acids is 2. The van der Waals surface area contributed by atoms with E-state index in [2.05, 4.69) is 4.98 Å². The molecule has 4 rings (SSSR count). The van der Waals surface area contributed by atoms with Crippen LogP contribution in [0.1, 0.15) is 17.0 Å². The SMILES string of the molecule is COC(=O)C1Cc2ncn(Cc3ccc(Cl)cc3)c2CN1C(=O)COc1ccccc1. The number of halogens is 1. The number of carbonyl (C=O) groups is 2. The van der Waals surface area contributed by atoms with Crippen molar-refractivity contribution in [2.75, 3.05) is 13.7 Å². The van der Waals surface area contributed by atoms with Gasteiger partial charge in [-0.25, -0.2) is 9.78 Å². The van der Waals surface area contributed by atoms with Crippen molar-refractivity contribution in [1.29, 1.82) is 0 Å². The highest BCUT2D eigenvalue weighted by molar-refractivity contribution is 6.30. The Morgan fingerprint density at radius 1 is 1.13 bits per heavy atom. The number of amides is 1. The van der Waals surface area contributed by atoms with E-state index in [9.17, 15) is 9.59 Å². The normalized spacial score (nSPS) is 15.3. The molecule has 160 valence electrons. The Labute approximate surface area is 185 Å². The predicted octanol–water partition coefficient (Wildman–Crippen LogP) is 3.09. The first-order valence-electron chi connectivity index (χ1n) is 9.87. The zero-order valence-corrected chi connectivity index (χ0v) is 17.8. The van der Waals surface area contributed by atoms with Gasteiger partial charge in [0.15, 0.2) is 6.61 Å². The molecule has 2 heterocycles. The molecule has 1 atom stereocenters. The molecule has 7 nitrogen and oxygen atoms in total. The van der Waals surface area contributed by atoms with E-state index in [1.165, 1.54) is 12.0 Å². The number of esters is 1. The highest BCUT2D eigenvalue weighted by atomic mass is 35.5. The Hall–Kier alpha value is -3.32. The lowest BCUT2D eigenvalue weighted by atomic mass is 10.0. The van der Waals surface area contributed by atoms with Crippen LogP contribution in [0.25, 0.3) is 0 Å². The zero-order valence-electron chi connectivity index (χ0n) is 17.0. The lowest BCUT2D eigenvalue weighted by molar-refractivity contribution is -0.154. The molecule has 0 fully saturated rings. The Bertz CT molecular complexity index is 1070. The van der Waals surface area contributed by atoms with Crippen molar-refractivity contribution in [3.8, 4) is 5.75 Å². The van der Waals surface area contributed by atoms with Crippen LogP contribution in [0.5, 0.6) is 5.75 Å². The van der Waals surface area contributed by atoms with E-state index in [0.29, 0.717) is 23.7 Å². The van der Waals surface area contributed by atoms with Crippen molar-refractivity contribution in [3.05, 3.63) is 82.9 Å². The van der Waals surface area contributed by atoms with Gasteiger partial charge in [0.2, 0.25) is 0 Å². The fourth-order valence-electron chi connectivity index (χ4n) is 3.64. The topological polar surface area (TPSA) is 73.7 Å². The van der Waals surface area contributed by atoms with Gasteiger partial charge in [-0.05, 0) is 29.8 Å². The number of fused-ring (bicyclic) bond motifs is 1. The third-order valence-electron chi connectivity index (χ3n) is 5.28. The third kappa shape index (κ3) is 4.72. The van der Waals surface area contributed by atoms with Crippen molar-refractivity contribution in [3.63, 3.8) is 0 Å². The molecular formula is C23H22ClN3O4. The maximum absolute atomic E-state index is 13.0. The quantitative estimate of drug-likeness (QED) is 0.552. The molecule has 1 amide bonds. The highest BCUT2D eigenvalue weighted by Crippen LogP contribution is 2.25. The van der Waals surface area contributed by atoms with Gasteiger partial charge in [0.1, 0.15) is 11.8 Å². The van der Waals surface area contributed by atoms with Crippen molar-refractivity contribution in [2.24, 2.45) is 0 Å². The number of nitrogens with zero attached hydrogens (tertiary/aromatic N) is 3. The van der Waals surface area contributed by atoms with Crippen LogP contribution in [0.3, 0.4) is 0 Å². The molecule has 1 aromatic heterocycles. The Kier molecular flexibility index (Phi) is 6.23. The molecule has 0 bridgehead atoms. The van der Waals surface area contributed by atoms with Crippen LogP contribution in [0, 0.1) is 0 Å². The highest BCUT2D eigenvalue weighted by Gasteiger charge is 2.37. The van der Waals surface area contributed by atoms with Crippen molar-refractivity contribution < 1.29 is 19.1 Å². The van der Waals surface area contributed by atoms with E-state index in [1.54, 1.807) is 18.5 Å². The Morgan fingerprint density at radius 2 is 1.87 bits per heavy atom. The fourth-order valence-corrected chi connectivity index (χ4v) is 3.77. The van der Waals surface area contributed by atoms with Crippen molar-refractivity contribution >= 4 is 23.5 Å². The summed E-state index contributed by atoms with van der Waals surface area (Å²) in [5.74, 6) is -0.161. The minimum atomic E-state index is -0.733. The minimum absolute atomic E-state index is 0.168. The summed E-state index contributed by atoms with van der Waals surface area (Å²) in [6, 6.07) is 15.9. The van der Waals surface area contributed by atoms with Crippen LogP contribution in [-0.2, 0) is 33.8 Å². The monoisotopic (exact) mass is 439 g/mol. The van der Waals surface area contributed by atoms with E-state index in [0.717, 1.165) is 17.0 Å². The molecular weight excluding hydrogens is 418 g/mol. The number of aromatic nitrogens is 2. The van der Waals surface area contributed by atoms with Gasteiger partial charge in [-0.2, -0.15) is 0 Å². The summed E-state index contributed by atoms with van der Waals surface area (Å²) in [6.07, 6.45) is 2.04. The van der Waals surface area contributed by atoms with E-state index < -0.39 is 12.0 Å². The second kappa shape index (κ2) is 9.22. The summed E-state index contributed by atoms with van der Waals surface area (Å²) in [6.45, 7) is 0.669. The average molecular weight is 440 g/mol. The van der Waals surface area contributed by atoms with Crippen LogP contribution >= 0.6 is 11.6 Å². The number of ether oxygens (including phenoxy) is 2. The van der Waals surface area contributed by atoms with E-state index in [1.807, 2.05) is 47.0 Å². The summed E-state index contributed by atoms with van der Waals surface area (Å²) >= 11 is 5.98. The molecule has 1 aliphatic heterocycles. The maximum Gasteiger partial charge on any atom is 0.329 e. The summed E-state index contributed by atoms with van der Waals surface area (Å²) in [7, 11) is 1.32. The van der Waals surface area contributed by atoms with Crippen LogP contribution in [0.2, 0.25) is 5.02 Å². The van der Waals surface area contributed by atoms with Crippen molar-refractivity contribution in [2.45, 2.75) is 25.6 Å². The fraction of sp³-hybridized carbons (Fsp3) is 0.261. The number of benzene rings is 2. The first-order valence-corrected chi connectivity index (χ1v) is 10.3. The number of hydrogen-bond donors (Lipinski definition) is 0. The molecule has 0 saturated carbocycles. The van der Waals surface area contributed by atoms with Gasteiger partial charge < -0.3 is 18.9 Å². The van der Waals surface area contributed by atoms with Gasteiger partial charge in [0.05, 0.1) is 31.4 Å². The maximum atomic E-state index is 13.0. The second-order valence-electron chi connectivity index (χ2n) is 7.26. The Morgan fingerprint density at radius 3 is 2.58 bits per heavy atom. The number of methoxy groups -OCH3 is 1. The molecule has 0 N–H and O–H groups in total. The van der Waals surface area contributed by atoms with Gasteiger partial charge in [0.25, 0.3) is 5.91 Å². The van der Waals surface area contributed by atoms with Gasteiger partial charge in [-0.1, -0.05) is 41.9 Å². The number of para-hydroxylation sites is 1. The van der Waals surface area contributed by atoms with E-state index in [4.69, 9.17) is 21.1 Å². The zero-order chi connectivity index (χ0) is 21.8. The summed E-state index contributed by atoms with van der Waals surface area (Å²) in [5, 5.41) is 0.674. The summed E-state index contributed by atoms with van der Waals surface area (Å²) < 4.78 is 12.5. The van der Waals surface area contributed by atoms with Crippen LogP contribution in [0.4, 0.5) is 0 Å². The lowest BCUT2D eigenvalue weighted by Crippen LogP contribution is -2.51. The molecule has 1 unspecified atom stereocenters. The van der Waals surface area contributed by atoms with Crippen molar-refractivity contribution in [1.82, 2.24) is 14.5 Å². The number of imidazole rings is 1. The molecule has 8 heteroatoms. The molecule has 2 aromatic carbocycles. The summed E-state index contributed by atoms with van der Waals surface area (Å²) in [4.78, 5) is 31.4. The molecule has 0 spiro atoms. The van der Waals surface area contributed by atoms with Crippen LogP contribution in [0.15, 0.2) is 60.9 Å². The lowest BCUT2D eigenvalue weighted by Gasteiger charge is -2.34. The molecule has 31 heavy (non-hydrogen) atoms. The largest absolute Gasteiger partial charge is 0.484 e. The molecule has 3 aromatic rings. The standard InChI is InChI=1S/C23H22ClN3O4/c1-30-23(29)20-11-19-21(26(15-25-19)12-16-7-9-17(24)10-8-16)13-27(20)22(28)14-31-18-5-3-2-4-6-18/h2-10,15,20H,11-14H2,1H3. The van der Waals surface area contributed by atoms with Gasteiger partial charge in [-0.15, -0.1) is 0 Å². The Balaban J connectivity index is 1.54. The van der Waals surface area contributed by atoms with Gasteiger partial charge in [0, 0.05) is 18.0 Å². The van der Waals surface area contributed by atoms with Crippen LogP contribution in [-0.4, -0.2) is 46.1 Å². The number of rotatable bonds is 6. The number of hydrogen-bond acceptors (Lipinski definition) is 5. The second-order valence-corrected chi connectivity index (χ2v) is 7.70. The predicted molar refractivity (Wildman–Crippen MR) is 115 cm³/mol. The van der Waals surface area contributed by atoms with Crippen LogP contribution < -0.4 is 4.74 Å². The minimum Gasteiger partial charge on any atom is -0.484 e. The first-order chi connectivity index (χ1) is 15.0. The summed E-state index contributed by atoms with van der Waals surface area (Å²) in [5.41, 5.74) is 2.74. The van der Waals surface area contributed by atoms with E-state index in [-0.39, 0.29) is 19.1 Å². The first kappa shape index (κ1) is 20.9. The van der Waals surface area contributed by atoms with E-state index >= 15 is 0 Å².